The lowest BCUT2D eigenvalue weighted by Gasteiger charge is -2.35. The summed E-state index contributed by atoms with van der Waals surface area (Å²) < 4.78 is 40.6. The molecule has 3 aromatic carbocycles. The molecule has 0 bridgehead atoms. The number of para-hydroxylation sites is 1. The highest BCUT2D eigenvalue weighted by atomic mass is 32.2. The van der Waals surface area contributed by atoms with Gasteiger partial charge in [0.05, 0.1) is 35.3 Å². The van der Waals surface area contributed by atoms with E-state index in [9.17, 15) is 23.1 Å². The summed E-state index contributed by atoms with van der Waals surface area (Å²) in [4.78, 5) is 28.8. The maximum absolute atomic E-state index is 14.3. The molecule has 47 heavy (non-hydrogen) atoms. The van der Waals surface area contributed by atoms with Crippen molar-refractivity contribution in [1.29, 1.82) is 0 Å². The maximum Gasteiger partial charge on any atom is 0.323 e. The van der Waals surface area contributed by atoms with Gasteiger partial charge in [0.1, 0.15) is 5.75 Å². The van der Waals surface area contributed by atoms with Crippen LogP contribution in [-0.2, 0) is 14.8 Å². The van der Waals surface area contributed by atoms with Gasteiger partial charge in [0.2, 0.25) is 10.0 Å². The molecule has 3 aromatic rings. The van der Waals surface area contributed by atoms with Crippen LogP contribution in [-0.4, -0.2) is 86.3 Å². The number of urea groups is 1. The van der Waals surface area contributed by atoms with Crippen molar-refractivity contribution in [1.82, 2.24) is 9.21 Å². The predicted molar refractivity (Wildman–Crippen MR) is 182 cm³/mol. The molecule has 4 atom stereocenters. The number of benzene rings is 3. The largest absolute Gasteiger partial charge is 0.490 e. The minimum Gasteiger partial charge on any atom is -0.490 e. The van der Waals surface area contributed by atoms with Gasteiger partial charge in [0.25, 0.3) is 5.91 Å². The summed E-state index contributed by atoms with van der Waals surface area (Å²) in [5, 5.41) is 15.8. The number of sulfonamides is 1. The maximum atomic E-state index is 14.3. The second-order valence-corrected chi connectivity index (χ2v) is 14.1. The lowest BCUT2D eigenvalue weighted by molar-refractivity contribution is -0.00833. The molecule has 0 radical (unpaired) electrons. The number of hydrogen-bond acceptors (Lipinski definition) is 7. The zero-order valence-electron chi connectivity index (χ0n) is 27.5. The van der Waals surface area contributed by atoms with Crippen LogP contribution in [0.2, 0.25) is 0 Å². The van der Waals surface area contributed by atoms with Crippen molar-refractivity contribution < 1.29 is 32.6 Å². The van der Waals surface area contributed by atoms with Crippen molar-refractivity contribution in [3.05, 3.63) is 84.4 Å². The van der Waals surface area contributed by atoms with Crippen LogP contribution < -0.4 is 15.4 Å². The van der Waals surface area contributed by atoms with Crippen LogP contribution in [0.15, 0.2) is 83.8 Å². The molecule has 1 aliphatic heterocycles. The average Bonchev–Trinajstić information content (AvgIpc) is 3.06. The average molecular weight is 667 g/mol. The third-order valence-corrected chi connectivity index (χ3v) is 10.1. The van der Waals surface area contributed by atoms with E-state index >= 15 is 0 Å². The Morgan fingerprint density at radius 3 is 2.34 bits per heavy atom. The molecular weight excluding hydrogens is 620 g/mol. The first-order chi connectivity index (χ1) is 22.5. The van der Waals surface area contributed by atoms with Crippen molar-refractivity contribution in [2.24, 2.45) is 5.92 Å². The Labute approximate surface area is 277 Å². The van der Waals surface area contributed by atoms with Crippen LogP contribution in [0.4, 0.5) is 16.2 Å². The minimum absolute atomic E-state index is 0.0780. The van der Waals surface area contributed by atoms with E-state index in [1.807, 2.05) is 32.0 Å². The molecule has 3 amide bonds. The second-order valence-electron chi connectivity index (χ2n) is 12.1. The third-order valence-electron chi connectivity index (χ3n) is 8.23. The summed E-state index contributed by atoms with van der Waals surface area (Å²) >= 11 is 0. The zero-order valence-corrected chi connectivity index (χ0v) is 28.3. The molecule has 1 aliphatic rings. The van der Waals surface area contributed by atoms with Gasteiger partial charge in [0, 0.05) is 44.0 Å². The summed E-state index contributed by atoms with van der Waals surface area (Å²) in [5.41, 5.74) is 1.24. The molecule has 0 saturated carbocycles. The fourth-order valence-corrected chi connectivity index (χ4v) is 6.61. The molecule has 11 nitrogen and oxygen atoms in total. The lowest BCUT2D eigenvalue weighted by atomic mass is 10.0. The smallest absolute Gasteiger partial charge is 0.323 e. The first kappa shape index (κ1) is 35.9. The number of aliphatic hydroxyl groups excluding tert-OH is 1. The first-order valence-corrected chi connectivity index (χ1v) is 17.4. The predicted octanol–water partition coefficient (Wildman–Crippen LogP) is 5.45. The van der Waals surface area contributed by atoms with Gasteiger partial charge in [-0.15, -0.1) is 0 Å². The summed E-state index contributed by atoms with van der Waals surface area (Å²) in [6, 6.07) is 21.1. The van der Waals surface area contributed by atoms with E-state index in [4.69, 9.17) is 9.47 Å². The Bertz CT molecular complexity index is 1570. The number of ether oxygens (including phenoxy) is 2. The van der Waals surface area contributed by atoms with Gasteiger partial charge in [-0.2, -0.15) is 4.31 Å². The Morgan fingerprint density at radius 1 is 1.00 bits per heavy atom. The molecule has 0 unspecified atom stereocenters. The van der Waals surface area contributed by atoms with Crippen LogP contribution >= 0.6 is 0 Å². The number of hydrogen-bond donors (Lipinski definition) is 3. The highest BCUT2D eigenvalue weighted by molar-refractivity contribution is 7.89. The van der Waals surface area contributed by atoms with Crippen LogP contribution in [0, 0.1) is 5.92 Å². The van der Waals surface area contributed by atoms with Crippen molar-refractivity contribution in [2.45, 2.75) is 63.2 Å². The number of anilines is 2. The summed E-state index contributed by atoms with van der Waals surface area (Å²) in [6.07, 6.45) is 1.50. The van der Waals surface area contributed by atoms with E-state index in [1.54, 1.807) is 72.5 Å². The molecule has 4 rings (SSSR count). The summed E-state index contributed by atoms with van der Waals surface area (Å²) in [6.45, 7) is 5.96. The van der Waals surface area contributed by atoms with Gasteiger partial charge in [-0.1, -0.05) is 43.3 Å². The molecule has 0 aliphatic carbocycles. The van der Waals surface area contributed by atoms with Crippen LogP contribution in [0.25, 0.3) is 0 Å². The number of likely N-dealkylation sites (N-methyl/N-ethyl adjacent to an activating group) is 1. The fraction of sp³-hybridized carbons (Fsp3) is 0.429. The van der Waals surface area contributed by atoms with Gasteiger partial charge in [0.15, 0.2) is 0 Å². The molecule has 0 fully saturated rings. The Kier molecular flexibility index (Phi) is 12.8. The van der Waals surface area contributed by atoms with Gasteiger partial charge in [-0.25, -0.2) is 13.2 Å². The molecule has 0 spiro atoms. The number of carbonyl (C=O) groups is 2. The van der Waals surface area contributed by atoms with Crippen molar-refractivity contribution in [3.8, 4) is 5.75 Å². The molecular formula is C35H46N4O7S. The zero-order chi connectivity index (χ0) is 34.0. The van der Waals surface area contributed by atoms with E-state index in [0.29, 0.717) is 30.2 Å². The summed E-state index contributed by atoms with van der Waals surface area (Å²) in [5.74, 6) is -0.336. The van der Waals surface area contributed by atoms with Gasteiger partial charge in [-0.05, 0) is 75.6 Å². The van der Waals surface area contributed by atoms with Gasteiger partial charge in [-0.3, -0.25) is 4.79 Å². The van der Waals surface area contributed by atoms with E-state index in [2.05, 4.69) is 10.6 Å². The number of carbonyl (C=O) groups excluding carboxylic acids is 2. The van der Waals surface area contributed by atoms with Gasteiger partial charge >= 0.3 is 6.03 Å². The van der Waals surface area contributed by atoms with Crippen molar-refractivity contribution >= 4 is 33.3 Å². The molecule has 0 aromatic heterocycles. The standard InChI is InChI=1S/C35H46N4O7S/c1-25-22-39(26(2)24-40)34(41)31-21-29(37-35(42)36-28-14-7-5-8-15-28)18-19-32(31)46-27(3)13-11-12-20-45-33(25)23-38(4)47(43,44)30-16-9-6-10-17-30/h5-10,14-19,21,25-27,33,40H,11-13,20,22-24H2,1-4H3,(H2,36,37,42)/t25-,26-,27+,33-/m1/s1. The van der Waals surface area contributed by atoms with E-state index in [-0.39, 0.29) is 42.2 Å². The Hall–Kier alpha value is -3.97. The number of fused-ring (bicyclic) bond motifs is 1. The first-order valence-electron chi connectivity index (χ1n) is 16.0. The number of aliphatic hydroxyl groups is 1. The fourth-order valence-electron chi connectivity index (χ4n) is 5.40. The second kappa shape index (κ2) is 16.7. The number of amides is 3. The molecule has 3 N–H and O–H groups in total. The van der Waals surface area contributed by atoms with E-state index in [0.717, 1.165) is 12.8 Å². The highest BCUT2D eigenvalue weighted by Gasteiger charge is 2.32. The normalized spacial score (nSPS) is 20.4. The van der Waals surface area contributed by atoms with Crippen LogP contribution in [0.3, 0.4) is 0 Å². The molecule has 1 heterocycles. The van der Waals surface area contributed by atoms with Gasteiger partial charge < -0.3 is 30.1 Å². The minimum atomic E-state index is -3.77. The SMILES string of the molecule is C[C@@H]1CN([C@H](C)CO)C(=O)c2cc(NC(=O)Nc3ccccc3)ccc2O[C@@H](C)CCCCO[C@@H]1CN(C)S(=O)(=O)c1ccccc1. The molecule has 12 heteroatoms. The third kappa shape index (κ3) is 9.77. The lowest BCUT2D eigenvalue weighted by Crippen LogP contribution is -2.48. The van der Waals surface area contributed by atoms with Crippen molar-refractivity contribution in [3.63, 3.8) is 0 Å². The van der Waals surface area contributed by atoms with Crippen LogP contribution in [0.1, 0.15) is 50.4 Å². The van der Waals surface area contributed by atoms with E-state index < -0.39 is 34.1 Å². The molecule has 0 saturated heterocycles. The topological polar surface area (TPSA) is 138 Å². The molecule has 254 valence electrons. The number of rotatable bonds is 8. The van der Waals surface area contributed by atoms with Crippen molar-refractivity contribution in [2.75, 3.05) is 44.0 Å². The number of nitrogens with one attached hydrogen (secondary N) is 2. The van der Waals surface area contributed by atoms with Crippen LogP contribution in [0.5, 0.6) is 5.75 Å². The summed E-state index contributed by atoms with van der Waals surface area (Å²) in [7, 11) is -2.25. The number of nitrogens with zero attached hydrogens (tertiary/aromatic N) is 2. The highest BCUT2D eigenvalue weighted by Crippen LogP contribution is 2.29. The Morgan fingerprint density at radius 2 is 1.66 bits per heavy atom. The van der Waals surface area contributed by atoms with E-state index in [1.165, 1.54) is 11.4 Å². The Balaban J connectivity index is 1.63. The monoisotopic (exact) mass is 666 g/mol. The quantitative estimate of drug-likeness (QED) is 0.291.